The van der Waals surface area contributed by atoms with E-state index in [1.54, 1.807) is 6.26 Å². The molecule has 13 heavy (non-hydrogen) atoms. The summed E-state index contributed by atoms with van der Waals surface area (Å²) < 4.78 is 10.6. The number of hydrogen-bond acceptors (Lipinski definition) is 3. The number of rotatable bonds is 6. The molecule has 0 radical (unpaired) electrons. The first-order valence-electron chi connectivity index (χ1n) is 4.57. The van der Waals surface area contributed by atoms with Gasteiger partial charge in [-0.25, -0.2) is 0 Å². The molecule has 0 spiro atoms. The second-order valence-corrected chi connectivity index (χ2v) is 3.42. The maximum Gasteiger partial charge on any atom is 0.129 e. The summed E-state index contributed by atoms with van der Waals surface area (Å²) in [6.45, 7) is 3.48. The van der Waals surface area contributed by atoms with E-state index in [9.17, 15) is 0 Å². The molecular formula is C10H16O2S. The van der Waals surface area contributed by atoms with Crippen molar-refractivity contribution in [2.24, 2.45) is 5.92 Å². The predicted octanol–water partition coefficient (Wildman–Crippen LogP) is 2.75. The fraction of sp³-hybridized carbons (Fsp3) is 0.600. The molecule has 0 amide bonds. The van der Waals surface area contributed by atoms with Crippen molar-refractivity contribution >= 4 is 12.6 Å². The molecule has 0 saturated carbocycles. The van der Waals surface area contributed by atoms with E-state index >= 15 is 0 Å². The summed E-state index contributed by atoms with van der Waals surface area (Å²) in [7, 11) is 0. The van der Waals surface area contributed by atoms with Crippen molar-refractivity contribution in [1.82, 2.24) is 0 Å². The van der Waals surface area contributed by atoms with Crippen LogP contribution in [0.1, 0.15) is 19.1 Å². The zero-order chi connectivity index (χ0) is 9.52. The molecule has 1 rings (SSSR count). The lowest BCUT2D eigenvalue weighted by atomic mass is 10.1. The Morgan fingerprint density at radius 1 is 1.62 bits per heavy atom. The Balaban J connectivity index is 2.13. The number of ether oxygens (including phenoxy) is 1. The first-order chi connectivity index (χ1) is 6.36. The molecular weight excluding hydrogens is 184 g/mol. The summed E-state index contributed by atoms with van der Waals surface area (Å²) in [4.78, 5) is 0. The van der Waals surface area contributed by atoms with Gasteiger partial charge in [0, 0.05) is 0 Å². The summed E-state index contributed by atoms with van der Waals surface area (Å²) in [6.07, 6.45) is 2.77. The predicted molar refractivity (Wildman–Crippen MR) is 56.0 cm³/mol. The van der Waals surface area contributed by atoms with E-state index in [1.165, 1.54) is 0 Å². The number of thiol groups is 1. The van der Waals surface area contributed by atoms with Crippen LogP contribution in [0, 0.1) is 5.92 Å². The average Bonchev–Trinajstić information content (AvgIpc) is 2.65. The summed E-state index contributed by atoms with van der Waals surface area (Å²) in [5.74, 6) is 2.32. The van der Waals surface area contributed by atoms with Crippen LogP contribution in [-0.2, 0) is 11.3 Å². The average molecular weight is 200 g/mol. The molecule has 0 saturated heterocycles. The third kappa shape index (κ3) is 3.87. The van der Waals surface area contributed by atoms with Crippen molar-refractivity contribution < 1.29 is 9.15 Å². The van der Waals surface area contributed by atoms with Gasteiger partial charge in [-0.2, -0.15) is 12.6 Å². The quantitative estimate of drug-likeness (QED) is 0.713. The van der Waals surface area contributed by atoms with Crippen LogP contribution in [0.25, 0.3) is 0 Å². The zero-order valence-corrected chi connectivity index (χ0v) is 8.80. The van der Waals surface area contributed by atoms with Gasteiger partial charge in [-0.05, 0) is 23.8 Å². The van der Waals surface area contributed by atoms with Crippen LogP contribution in [-0.4, -0.2) is 12.4 Å². The van der Waals surface area contributed by atoms with Crippen molar-refractivity contribution in [2.45, 2.75) is 20.0 Å². The first kappa shape index (κ1) is 10.7. The molecule has 1 heterocycles. The molecule has 1 aromatic heterocycles. The van der Waals surface area contributed by atoms with E-state index in [0.717, 1.165) is 24.5 Å². The fourth-order valence-electron chi connectivity index (χ4n) is 1.02. The molecule has 2 nitrogen and oxygen atoms in total. The van der Waals surface area contributed by atoms with E-state index in [0.29, 0.717) is 12.5 Å². The van der Waals surface area contributed by atoms with Crippen molar-refractivity contribution in [2.75, 3.05) is 12.4 Å². The highest BCUT2D eigenvalue weighted by atomic mass is 32.1. The number of furan rings is 1. The van der Waals surface area contributed by atoms with Gasteiger partial charge < -0.3 is 9.15 Å². The van der Waals surface area contributed by atoms with Gasteiger partial charge in [0.15, 0.2) is 0 Å². The standard InChI is InChI=1S/C10H16O2S/c1-2-9(8-13)6-11-7-10-4-3-5-12-10/h3-5,9,13H,2,6-8H2,1H3. The largest absolute Gasteiger partial charge is 0.467 e. The molecule has 74 valence electrons. The SMILES string of the molecule is CCC(CS)COCc1ccco1. The van der Waals surface area contributed by atoms with Crippen molar-refractivity contribution in [1.29, 1.82) is 0 Å². The van der Waals surface area contributed by atoms with Crippen molar-refractivity contribution in [3.05, 3.63) is 24.2 Å². The van der Waals surface area contributed by atoms with Gasteiger partial charge in [-0.1, -0.05) is 13.3 Å². The van der Waals surface area contributed by atoms with Crippen LogP contribution in [0.3, 0.4) is 0 Å². The first-order valence-corrected chi connectivity index (χ1v) is 5.21. The van der Waals surface area contributed by atoms with Crippen LogP contribution in [0.5, 0.6) is 0 Å². The highest BCUT2D eigenvalue weighted by molar-refractivity contribution is 7.80. The molecule has 0 aliphatic rings. The van der Waals surface area contributed by atoms with Gasteiger partial charge in [0.25, 0.3) is 0 Å². The molecule has 1 atom stereocenters. The van der Waals surface area contributed by atoms with Crippen LogP contribution >= 0.6 is 12.6 Å². The highest BCUT2D eigenvalue weighted by Gasteiger charge is 2.04. The molecule has 0 aliphatic carbocycles. The molecule has 1 unspecified atom stereocenters. The topological polar surface area (TPSA) is 22.4 Å². The minimum atomic E-state index is 0.554. The van der Waals surface area contributed by atoms with Gasteiger partial charge in [0.2, 0.25) is 0 Å². The monoisotopic (exact) mass is 200 g/mol. The Labute approximate surface area is 84.7 Å². The summed E-state index contributed by atoms with van der Waals surface area (Å²) in [5.41, 5.74) is 0. The Kier molecular flexibility index (Phi) is 5.01. The lowest BCUT2D eigenvalue weighted by Crippen LogP contribution is -2.09. The molecule has 0 aromatic carbocycles. The lowest BCUT2D eigenvalue weighted by Gasteiger charge is -2.10. The van der Waals surface area contributed by atoms with Gasteiger partial charge in [0.05, 0.1) is 12.9 Å². The highest BCUT2D eigenvalue weighted by Crippen LogP contribution is 2.08. The maximum atomic E-state index is 5.48. The van der Waals surface area contributed by atoms with Crippen LogP contribution in [0.4, 0.5) is 0 Å². The Morgan fingerprint density at radius 2 is 2.46 bits per heavy atom. The Bertz CT molecular complexity index is 205. The second-order valence-electron chi connectivity index (χ2n) is 3.05. The maximum absolute atomic E-state index is 5.48. The normalized spacial score (nSPS) is 13.1. The second kappa shape index (κ2) is 6.11. The Hall–Kier alpha value is -0.410. The summed E-state index contributed by atoms with van der Waals surface area (Å²) >= 11 is 4.24. The molecule has 1 aromatic rings. The molecule has 0 bridgehead atoms. The Morgan fingerprint density at radius 3 is 3.00 bits per heavy atom. The van der Waals surface area contributed by atoms with E-state index in [1.807, 2.05) is 12.1 Å². The van der Waals surface area contributed by atoms with Crippen molar-refractivity contribution in [3.63, 3.8) is 0 Å². The van der Waals surface area contributed by atoms with E-state index in [4.69, 9.17) is 9.15 Å². The van der Waals surface area contributed by atoms with Crippen LogP contribution in [0.15, 0.2) is 22.8 Å². The fourth-order valence-corrected chi connectivity index (χ4v) is 1.38. The van der Waals surface area contributed by atoms with Gasteiger partial charge in [-0.15, -0.1) is 0 Å². The number of hydrogen-bond donors (Lipinski definition) is 1. The lowest BCUT2D eigenvalue weighted by molar-refractivity contribution is 0.0804. The smallest absolute Gasteiger partial charge is 0.129 e. The van der Waals surface area contributed by atoms with E-state index < -0.39 is 0 Å². The molecule has 0 N–H and O–H groups in total. The summed E-state index contributed by atoms with van der Waals surface area (Å²) in [5, 5.41) is 0. The van der Waals surface area contributed by atoms with Gasteiger partial charge >= 0.3 is 0 Å². The summed E-state index contributed by atoms with van der Waals surface area (Å²) in [6, 6.07) is 3.79. The minimum absolute atomic E-state index is 0.554. The third-order valence-corrected chi connectivity index (χ3v) is 2.53. The zero-order valence-electron chi connectivity index (χ0n) is 7.90. The van der Waals surface area contributed by atoms with Crippen molar-refractivity contribution in [3.8, 4) is 0 Å². The van der Waals surface area contributed by atoms with Gasteiger partial charge in [0.1, 0.15) is 12.4 Å². The van der Waals surface area contributed by atoms with Crippen LogP contribution in [0.2, 0.25) is 0 Å². The molecule has 0 aliphatic heterocycles. The van der Waals surface area contributed by atoms with Crippen LogP contribution < -0.4 is 0 Å². The van der Waals surface area contributed by atoms with Gasteiger partial charge in [-0.3, -0.25) is 0 Å². The molecule has 0 fully saturated rings. The third-order valence-electron chi connectivity index (χ3n) is 2.01. The van der Waals surface area contributed by atoms with E-state index in [-0.39, 0.29) is 0 Å². The minimum Gasteiger partial charge on any atom is -0.467 e. The molecule has 3 heteroatoms. The van der Waals surface area contributed by atoms with E-state index in [2.05, 4.69) is 19.6 Å².